The fourth-order valence-electron chi connectivity index (χ4n) is 3.20. The lowest BCUT2D eigenvalue weighted by Gasteiger charge is -2.16. The molecule has 1 fully saturated rings. The maximum Gasteiger partial charge on any atom is 0.230 e. The van der Waals surface area contributed by atoms with Gasteiger partial charge in [-0.05, 0) is 49.9 Å². The van der Waals surface area contributed by atoms with Crippen molar-refractivity contribution in [1.82, 2.24) is 20.1 Å². The van der Waals surface area contributed by atoms with E-state index in [1.807, 2.05) is 4.57 Å². The zero-order valence-corrected chi connectivity index (χ0v) is 15.8. The Balaban J connectivity index is 1.59. The van der Waals surface area contributed by atoms with Crippen LogP contribution in [-0.4, -0.2) is 32.5 Å². The minimum Gasteiger partial charge on any atom is -0.353 e. The molecule has 0 spiro atoms. The van der Waals surface area contributed by atoms with Crippen LogP contribution in [0, 0.1) is 13.8 Å². The molecule has 1 aliphatic carbocycles. The monoisotopic (exact) mass is 358 g/mol. The fraction of sp³-hybridized carbons (Fsp3) is 0.526. The van der Waals surface area contributed by atoms with Crippen molar-refractivity contribution >= 4 is 17.7 Å². The highest BCUT2D eigenvalue weighted by Gasteiger charge is 2.16. The average Bonchev–Trinajstić information content (AvgIpc) is 2.92. The van der Waals surface area contributed by atoms with Crippen LogP contribution in [0.2, 0.25) is 0 Å². The summed E-state index contributed by atoms with van der Waals surface area (Å²) in [6, 6.07) is 6.61. The van der Waals surface area contributed by atoms with Crippen LogP contribution in [0.5, 0.6) is 0 Å². The van der Waals surface area contributed by atoms with E-state index in [2.05, 4.69) is 47.6 Å². The topological polar surface area (TPSA) is 59.8 Å². The van der Waals surface area contributed by atoms with Crippen molar-refractivity contribution in [1.29, 1.82) is 0 Å². The van der Waals surface area contributed by atoms with Gasteiger partial charge in [0.05, 0.1) is 5.75 Å². The first kappa shape index (κ1) is 18.0. The van der Waals surface area contributed by atoms with Gasteiger partial charge in [-0.15, -0.1) is 10.2 Å². The second-order valence-electron chi connectivity index (χ2n) is 6.80. The van der Waals surface area contributed by atoms with Gasteiger partial charge in [0, 0.05) is 11.7 Å². The van der Waals surface area contributed by atoms with Crippen LogP contribution in [0.4, 0.5) is 0 Å². The second kappa shape index (κ2) is 8.52. The Morgan fingerprint density at radius 2 is 1.96 bits per heavy atom. The molecule has 3 rings (SSSR count). The lowest BCUT2D eigenvalue weighted by Crippen LogP contribution is -2.35. The van der Waals surface area contributed by atoms with Crippen molar-refractivity contribution in [2.45, 2.75) is 63.6 Å². The highest BCUT2D eigenvalue weighted by molar-refractivity contribution is 7.99. The summed E-state index contributed by atoms with van der Waals surface area (Å²) in [4.78, 5) is 12.3. The summed E-state index contributed by atoms with van der Waals surface area (Å²) in [5.41, 5.74) is 3.52. The molecule has 1 N–H and O–H groups in total. The molecule has 1 heterocycles. The number of thioether (sulfide) groups is 1. The molecule has 134 valence electrons. The molecular formula is C19H26N4OS. The summed E-state index contributed by atoms with van der Waals surface area (Å²) in [6.45, 7) is 4.19. The highest BCUT2D eigenvalue weighted by Crippen LogP contribution is 2.22. The first-order valence-electron chi connectivity index (χ1n) is 9.03. The Hall–Kier alpha value is -1.82. The van der Waals surface area contributed by atoms with E-state index in [4.69, 9.17) is 0 Å². The number of hydrogen-bond donors (Lipinski definition) is 1. The molecule has 0 radical (unpaired) electrons. The summed E-state index contributed by atoms with van der Waals surface area (Å²) in [5.74, 6) is 0.464. The molecule has 1 aromatic carbocycles. The van der Waals surface area contributed by atoms with Gasteiger partial charge in [0.15, 0.2) is 5.16 Å². The number of hydrogen-bond acceptors (Lipinski definition) is 4. The van der Waals surface area contributed by atoms with Gasteiger partial charge in [0.1, 0.15) is 6.33 Å². The second-order valence-corrected chi connectivity index (χ2v) is 7.74. The minimum atomic E-state index is 0.0894. The largest absolute Gasteiger partial charge is 0.353 e. The number of rotatable bonds is 5. The SMILES string of the molecule is Cc1ccc(-n2cnnc2SCC(=O)NC2CCCCCC2)cc1C. The van der Waals surface area contributed by atoms with E-state index in [1.54, 1.807) is 6.33 Å². The molecule has 0 bridgehead atoms. The molecule has 1 saturated carbocycles. The third-order valence-corrected chi connectivity index (χ3v) is 5.78. The number of aromatic nitrogens is 3. The minimum absolute atomic E-state index is 0.0894. The number of carbonyl (C=O) groups is 1. The van der Waals surface area contributed by atoms with Crippen molar-refractivity contribution in [3.8, 4) is 5.69 Å². The van der Waals surface area contributed by atoms with E-state index in [-0.39, 0.29) is 5.91 Å². The van der Waals surface area contributed by atoms with Crippen LogP contribution in [0.1, 0.15) is 49.7 Å². The highest BCUT2D eigenvalue weighted by atomic mass is 32.2. The lowest BCUT2D eigenvalue weighted by atomic mass is 10.1. The van der Waals surface area contributed by atoms with Crippen LogP contribution in [0.3, 0.4) is 0 Å². The summed E-state index contributed by atoms with van der Waals surface area (Å²) < 4.78 is 1.94. The van der Waals surface area contributed by atoms with Crippen molar-refractivity contribution in [2.24, 2.45) is 0 Å². The molecule has 2 aromatic rings. The van der Waals surface area contributed by atoms with Gasteiger partial charge >= 0.3 is 0 Å². The quantitative estimate of drug-likeness (QED) is 0.652. The Kier molecular flexibility index (Phi) is 6.13. The normalized spacial score (nSPS) is 15.8. The molecule has 1 amide bonds. The zero-order valence-electron chi connectivity index (χ0n) is 15.0. The van der Waals surface area contributed by atoms with Crippen LogP contribution >= 0.6 is 11.8 Å². The number of carbonyl (C=O) groups excluding carboxylic acids is 1. The Morgan fingerprint density at radius 1 is 1.20 bits per heavy atom. The van der Waals surface area contributed by atoms with E-state index < -0.39 is 0 Å². The Bertz CT molecular complexity index is 720. The van der Waals surface area contributed by atoms with Crippen molar-refractivity contribution < 1.29 is 4.79 Å². The van der Waals surface area contributed by atoms with Crippen molar-refractivity contribution in [3.05, 3.63) is 35.7 Å². The van der Waals surface area contributed by atoms with Gasteiger partial charge in [0.2, 0.25) is 5.91 Å². The molecule has 6 heteroatoms. The first-order chi connectivity index (χ1) is 12.1. The molecule has 1 aromatic heterocycles. The molecule has 25 heavy (non-hydrogen) atoms. The molecule has 0 atom stereocenters. The van der Waals surface area contributed by atoms with E-state index in [0.29, 0.717) is 11.8 Å². The number of aryl methyl sites for hydroxylation is 2. The standard InChI is InChI=1S/C19H26N4OS/c1-14-9-10-17(11-15(14)2)23-13-20-22-19(23)25-12-18(24)21-16-7-5-3-4-6-8-16/h9-11,13,16H,3-8,12H2,1-2H3,(H,21,24). The molecule has 0 unspecified atom stereocenters. The lowest BCUT2D eigenvalue weighted by molar-refractivity contribution is -0.119. The van der Waals surface area contributed by atoms with E-state index in [1.165, 1.54) is 48.6 Å². The molecule has 0 aliphatic heterocycles. The number of amides is 1. The summed E-state index contributed by atoms with van der Waals surface area (Å²) >= 11 is 1.44. The van der Waals surface area contributed by atoms with Gasteiger partial charge in [-0.2, -0.15) is 0 Å². The molecular weight excluding hydrogens is 332 g/mol. The Morgan fingerprint density at radius 3 is 2.68 bits per heavy atom. The van der Waals surface area contributed by atoms with Gasteiger partial charge in [-0.25, -0.2) is 0 Å². The van der Waals surface area contributed by atoms with Gasteiger partial charge in [-0.1, -0.05) is 43.5 Å². The van der Waals surface area contributed by atoms with E-state index >= 15 is 0 Å². The van der Waals surface area contributed by atoms with Crippen LogP contribution in [0.15, 0.2) is 29.7 Å². The predicted octanol–water partition coefficient (Wildman–Crippen LogP) is 3.82. The van der Waals surface area contributed by atoms with Gasteiger partial charge < -0.3 is 5.32 Å². The smallest absolute Gasteiger partial charge is 0.230 e. The Labute approximate surface area is 153 Å². The van der Waals surface area contributed by atoms with Crippen LogP contribution in [0.25, 0.3) is 5.69 Å². The number of nitrogens with zero attached hydrogens (tertiary/aromatic N) is 3. The van der Waals surface area contributed by atoms with Crippen molar-refractivity contribution in [3.63, 3.8) is 0 Å². The third-order valence-electron chi connectivity index (χ3n) is 4.84. The van der Waals surface area contributed by atoms with Gasteiger partial charge in [0.25, 0.3) is 0 Å². The summed E-state index contributed by atoms with van der Waals surface area (Å²) in [6.07, 6.45) is 8.94. The van der Waals surface area contributed by atoms with Crippen molar-refractivity contribution in [2.75, 3.05) is 5.75 Å². The summed E-state index contributed by atoms with van der Waals surface area (Å²) in [7, 11) is 0. The van der Waals surface area contributed by atoms with E-state index in [0.717, 1.165) is 23.7 Å². The maximum absolute atomic E-state index is 12.3. The fourth-order valence-corrected chi connectivity index (χ4v) is 3.94. The first-order valence-corrected chi connectivity index (χ1v) is 10.0. The molecule has 1 aliphatic rings. The predicted molar refractivity (Wildman–Crippen MR) is 101 cm³/mol. The van der Waals surface area contributed by atoms with Crippen LogP contribution in [-0.2, 0) is 4.79 Å². The summed E-state index contributed by atoms with van der Waals surface area (Å²) in [5, 5.41) is 12.1. The average molecular weight is 359 g/mol. The molecule has 0 saturated heterocycles. The third kappa shape index (κ3) is 4.84. The maximum atomic E-state index is 12.3. The van der Waals surface area contributed by atoms with Crippen LogP contribution < -0.4 is 5.32 Å². The van der Waals surface area contributed by atoms with E-state index in [9.17, 15) is 4.79 Å². The number of nitrogens with one attached hydrogen (secondary N) is 1. The van der Waals surface area contributed by atoms with Gasteiger partial charge in [-0.3, -0.25) is 9.36 Å². The molecule has 5 nitrogen and oxygen atoms in total. The zero-order chi connectivity index (χ0) is 17.6. The number of benzene rings is 1.